The lowest BCUT2D eigenvalue weighted by molar-refractivity contribution is -0.157. The van der Waals surface area contributed by atoms with Crippen molar-refractivity contribution in [1.82, 2.24) is 0 Å². The van der Waals surface area contributed by atoms with E-state index in [1.807, 2.05) is 24.3 Å². The maximum atomic E-state index is 11.6. The third-order valence-corrected chi connectivity index (χ3v) is 3.48. The van der Waals surface area contributed by atoms with Gasteiger partial charge >= 0.3 is 5.97 Å². The number of unbranched alkanes of at least 4 members (excludes halogenated alkanes) is 2. The predicted octanol–water partition coefficient (Wildman–Crippen LogP) is 3.97. The van der Waals surface area contributed by atoms with Gasteiger partial charge in [0.15, 0.2) is 0 Å². The molecule has 0 saturated heterocycles. The van der Waals surface area contributed by atoms with Crippen LogP contribution < -0.4 is 0 Å². The molecule has 96 valence electrons. The number of carbonyl (C=O) groups is 1. The molecule has 0 aliphatic carbocycles. The Labute approximate surface area is 109 Å². The zero-order valence-electron chi connectivity index (χ0n) is 10.9. The van der Waals surface area contributed by atoms with Gasteiger partial charge in [-0.2, -0.15) is 0 Å². The van der Waals surface area contributed by atoms with Crippen molar-refractivity contribution < 1.29 is 9.53 Å². The lowest BCUT2D eigenvalue weighted by atomic mass is 9.84. The monoisotopic (exact) mass is 244 g/mol. The van der Waals surface area contributed by atoms with E-state index < -0.39 is 5.60 Å². The minimum Gasteiger partial charge on any atom is -0.451 e. The summed E-state index contributed by atoms with van der Waals surface area (Å²) in [6.45, 7) is 2.18. The molecule has 1 aliphatic heterocycles. The molecule has 0 saturated carbocycles. The fraction of sp³-hybridized carbons (Fsp3) is 0.438. The standard InChI is InChI=1S/C16H20O2/c1-2-3-7-12-16(13-8-11-15(17)18-16)14-9-5-4-6-10-14/h4-6,8-11H,2-3,7,12-13H2,1H3. The summed E-state index contributed by atoms with van der Waals surface area (Å²) < 4.78 is 5.68. The molecule has 2 heteroatoms. The highest BCUT2D eigenvalue weighted by atomic mass is 16.6. The molecule has 0 spiro atoms. The largest absolute Gasteiger partial charge is 0.451 e. The quantitative estimate of drug-likeness (QED) is 0.578. The maximum Gasteiger partial charge on any atom is 0.331 e. The van der Waals surface area contributed by atoms with E-state index in [1.165, 1.54) is 18.9 Å². The molecular weight excluding hydrogens is 224 g/mol. The molecule has 0 radical (unpaired) electrons. The van der Waals surface area contributed by atoms with Gasteiger partial charge in [-0.05, 0) is 18.4 Å². The van der Waals surface area contributed by atoms with Crippen LogP contribution in [0.2, 0.25) is 0 Å². The van der Waals surface area contributed by atoms with E-state index in [0.717, 1.165) is 24.8 Å². The Morgan fingerprint density at radius 1 is 1.22 bits per heavy atom. The number of rotatable bonds is 5. The van der Waals surface area contributed by atoms with Crippen LogP contribution in [0.5, 0.6) is 0 Å². The van der Waals surface area contributed by atoms with Crippen LogP contribution in [0.15, 0.2) is 42.5 Å². The molecule has 18 heavy (non-hydrogen) atoms. The normalized spacial score (nSPS) is 22.8. The lowest BCUT2D eigenvalue weighted by Gasteiger charge is -2.35. The molecule has 1 aliphatic rings. The Kier molecular flexibility index (Phi) is 4.19. The second-order valence-electron chi connectivity index (χ2n) is 4.85. The number of cyclic esters (lactones) is 1. The minimum absolute atomic E-state index is 0.221. The van der Waals surface area contributed by atoms with Crippen LogP contribution >= 0.6 is 0 Å². The van der Waals surface area contributed by atoms with Crippen molar-refractivity contribution in [2.75, 3.05) is 0 Å². The molecule has 1 heterocycles. The van der Waals surface area contributed by atoms with E-state index in [9.17, 15) is 4.79 Å². The second-order valence-corrected chi connectivity index (χ2v) is 4.85. The number of ether oxygens (including phenoxy) is 1. The summed E-state index contributed by atoms with van der Waals surface area (Å²) in [5.74, 6) is -0.221. The first-order chi connectivity index (χ1) is 8.77. The summed E-state index contributed by atoms with van der Waals surface area (Å²) in [7, 11) is 0. The smallest absolute Gasteiger partial charge is 0.331 e. The Hall–Kier alpha value is -1.57. The van der Waals surface area contributed by atoms with Crippen molar-refractivity contribution in [3.63, 3.8) is 0 Å². The van der Waals surface area contributed by atoms with Crippen LogP contribution in [0.25, 0.3) is 0 Å². The highest BCUT2D eigenvalue weighted by Crippen LogP contribution is 2.37. The average Bonchev–Trinajstić information content (AvgIpc) is 2.40. The molecule has 2 nitrogen and oxygen atoms in total. The Morgan fingerprint density at radius 3 is 2.67 bits per heavy atom. The maximum absolute atomic E-state index is 11.6. The molecule has 0 amide bonds. The summed E-state index contributed by atoms with van der Waals surface area (Å²) in [6.07, 6.45) is 8.59. The van der Waals surface area contributed by atoms with Gasteiger partial charge in [-0.3, -0.25) is 0 Å². The molecule has 2 rings (SSSR count). The molecule has 1 unspecified atom stereocenters. The van der Waals surface area contributed by atoms with Crippen LogP contribution in [0, 0.1) is 0 Å². The summed E-state index contributed by atoms with van der Waals surface area (Å²) in [5, 5.41) is 0. The van der Waals surface area contributed by atoms with Gasteiger partial charge in [-0.1, -0.05) is 56.2 Å². The Bertz CT molecular complexity index is 422. The third-order valence-electron chi connectivity index (χ3n) is 3.48. The Morgan fingerprint density at radius 2 is 2.00 bits per heavy atom. The molecule has 0 N–H and O–H groups in total. The summed E-state index contributed by atoms with van der Waals surface area (Å²) >= 11 is 0. The number of hydrogen-bond acceptors (Lipinski definition) is 2. The van der Waals surface area contributed by atoms with Gasteiger partial charge in [0.1, 0.15) is 5.60 Å². The van der Waals surface area contributed by atoms with Gasteiger partial charge in [0, 0.05) is 12.5 Å². The number of benzene rings is 1. The highest BCUT2D eigenvalue weighted by Gasteiger charge is 2.36. The van der Waals surface area contributed by atoms with Gasteiger partial charge in [0.25, 0.3) is 0 Å². The van der Waals surface area contributed by atoms with Gasteiger partial charge < -0.3 is 4.74 Å². The van der Waals surface area contributed by atoms with Crippen LogP contribution in [-0.2, 0) is 15.1 Å². The van der Waals surface area contributed by atoms with Crippen molar-refractivity contribution in [3.8, 4) is 0 Å². The van der Waals surface area contributed by atoms with E-state index in [0.29, 0.717) is 0 Å². The number of hydrogen-bond donors (Lipinski definition) is 0. The van der Waals surface area contributed by atoms with Crippen molar-refractivity contribution >= 4 is 5.97 Å². The van der Waals surface area contributed by atoms with Gasteiger partial charge in [-0.15, -0.1) is 0 Å². The van der Waals surface area contributed by atoms with E-state index >= 15 is 0 Å². The first-order valence-corrected chi connectivity index (χ1v) is 6.72. The molecule has 1 aromatic carbocycles. The molecule has 0 aromatic heterocycles. The van der Waals surface area contributed by atoms with Crippen LogP contribution in [0.1, 0.15) is 44.6 Å². The van der Waals surface area contributed by atoms with E-state index in [2.05, 4.69) is 19.1 Å². The second kappa shape index (κ2) is 5.85. The Balaban J connectivity index is 2.22. The SMILES string of the molecule is CCCCCC1(c2ccccc2)CC=CC(=O)O1. The van der Waals surface area contributed by atoms with E-state index in [4.69, 9.17) is 4.74 Å². The molecule has 0 bridgehead atoms. The van der Waals surface area contributed by atoms with E-state index in [-0.39, 0.29) is 5.97 Å². The van der Waals surface area contributed by atoms with Crippen molar-refractivity contribution in [2.45, 2.75) is 44.6 Å². The van der Waals surface area contributed by atoms with Crippen molar-refractivity contribution in [2.24, 2.45) is 0 Å². The average molecular weight is 244 g/mol. The summed E-state index contributed by atoms with van der Waals surface area (Å²) in [6, 6.07) is 10.1. The number of carbonyl (C=O) groups excluding carboxylic acids is 1. The van der Waals surface area contributed by atoms with Gasteiger partial charge in [-0.25, -0.2) is 4.79 Å². The lowest BCUT2D eigenvalue weighted by Crippen LogP contribution is -2.34. The zero-order valence-corrected chi connectivity index (χ0v) is 10.9. The van der Waals surface area contributed by atoms with Crippen LogP contribution in [0.4, 0.5) is 0 Å². The molecule has 0 fully saturated rings. The zero-order chi connectivity index (χ0) is 12.8. The fourth-order valence-electron chi connectivity index (χ4n) is 2.49. The predicted molar refractivity (Wildman–Crippen MR) is 72.1 cm³/mol. The first kappa shape index (κ1) is 12.9. The molecular formula is C16H20O2. The first-order valence-electron chi connectivity index (χ1n) is 6.72. The number of esters is 1. The minimum atomic E-state index is -0.442. The van der Waals surface area contributed by atoms with Crippen LogP contribution in [-0.4, -0.2) is 5.97 Å². The van der Waals surface area contributed by atoms with E-state index in [1.54, 1.807) is 0 Å². The molecule has 1 atom stereocenters. The summed E-state index contributed by atoms with van der Waals surface area (Å²) in [4.78, 5) is 11.6. The third kappa shape index (κ3) is 2.81. The van der Waals surface area contributed by atoms with Crippen molar-refractivity contribution in [1.29, 1.82) is 0 Å². The summed E-state index contributed by atoms with van der Waals surface area (Å²) in [5.41, 5.74) is 0.668. The fourth-order valence-corrected chi connectivity index (χ4v) is 2.49. The topological polar surface area (TPSA) is 26.3 Å². The van der Waals surface area contributed by atoms with Crippen LogP contribution in [0.3, 0.4) is 0 Å². The van der Waals surface area contributed by atoms with Crippen molar-refractivity contribution in [3.05, 3.63) is 48.0 Å². The molecule has 1 aromatic rings. The van der Waals surface area contributed by atoms with Gasteiger partial charge in [0.05, 0.1) is 0 Å². The highest BCUT2D eigenvalue weighted by molar-refractivity contribution is 5.83. The van der Waals surface area contributed by atoms with Gasteiger partial charge in [0.2, 0.25) is 0 Å².